The first-order valence-electron chi connectivity index (χ1n) is 6.97. The minimum Gasteiger partial charge on any atom is -0.355 e. The van der Waals surface area contributed by atoms with E-state index in [2.05, 4.69) is 5.32 Å². The van der Waals surface area contributed by atoms with Crippen molar-refractivity contribution in [2.24, 2.45) is 5.73 Å². The normalized spacial score (nSPS) is 14.1. The zero-order valence-electron chi connectivity index (χ0n) is 12.4. The Morgan fingerprint density at radius 1 is 1.45 bits per heavy atom. The molecule has 3 N–H and O–H groups in total. The van der Waals surface area contributed by atoms with Crippen LogP contribution in [0.15, 0.2) is 24.3 Å². The number of benzene rings is 1. The molecule has 1 rings (SSSR count). The van der Waals surface area contributed by atoms with Crippen molar-refractivity contribution in [2.75, 3.05) is 20.1 Å². The van der Waals surface area contributed by atoms with E-state index < -0.39 is 0 Å². The molecule has 0 radical (unpaired) electrons. The summed E-state index contributed by atoms with van der Waals surface area (Å²) in [5.41, 5.74) is 7.27. The largest absolute Gasteiger partial charge is 0.355 e. The number of hydrogen-bond donors (Lipinski definition) is 2. The van der Waals surface area contributed by atoms with Crippen molar-refractivity contribution in [1.82, 2.24) is 10.2 Å². The molecule has 2 unspecified atom stereocenters. The minimum absolute atomic E-state index is 0.00494. The number of nitrogens with one attached hydrogen (secondary N) is 1. The number of rotatable bonds is 7. The van der Waals surface area contributed by atoms with Crippen LogP contribution in [0.5, 0.6) is 0 Å². The number of amides is 1. The van der Waals surface area contributed by atoms with Crippen LogP contribution in [-0.4, -0.2) is 37.0 Å². The van der Waals surface area contributed by atoms with Crippen LogP contribution in [0, 0.1) is 0 Å². The molecule has 5 heteroatoms. The first-order valence-corrected chi connectivity index (χ1v) is 7.35. The van der Waals surface area contributed by atoms with E-state index in [9.17, 15) is 4.79 Å². The maximum atomic E-state index is 11.7. The second-order valence-electron chi connectivity index (χ2n) is 4.94. The van der Waals surface area contributed by atoms with E-state index >= 15 is 0 Å². The lowest BCUT2D eigenvalue weighted by atomic mass is 9.96. The van der Waals surface area contributed by atoms with Crippen LogP contribution in [-0.2, 0) is 4.79 Å². The van der Waals surface area contributed by atoms with E-state index in [0.29, 0.717) is 18.1 Å². The lowest BCUT2D eigenvalue weighted by Gasteiger charge is -2.32. The smallest absolute Gasteiger partial charge is 0.234 e. The van der Waals surface area contributed by atoms with Crippen LogP contribution in [0.25, 0.3) is 0 Å². The summed E-state index contributed by atoms with van der Waals surface area (Å²) in [5, 5.41) is 3.49. The van der Waals surface area contributed by atoms with Crippen LogP contribution in [0.1, 0.15) is 31.9 Å². The van der Waals surface area contributed by atoms with Crippen molar-refractivity contribution in [3.63, 3.8) is 0 Å². The van der Waals surface area contributed by atoms with Gasteiger partial charge in [-0.05, 0) is 38.1 Å². The van der Waals surface area contributed by atoms with Gasteiger partial charge in [0.05, 0.1) is 12.6 Å². The highest BCUT2D eigenvalue weighted by atomic mass is 35.5. The average molecular weight is 298 g/mol. The molecule has 20 heavy (non-hydrogen) atoms. The fourth-order valence-electron chi connectivity index (χ4n) is 2.32. The highest BCUT2D eigenvalue weighted by Gasteiger charge is 2.24. The van der Waals surface area contributed by atoms with Crippen LogP contribution in [0.4, 0.5) is 0 Å². The summed E-state index contributed by atoms with van der Waals surface area (Å²) in [6, 6.07) is 7.58. The second kappa shape index (κ2) is 8.25. The molecule has 0 aliphatic heterocycles. The van der Waals surface area contributed by atoms with E-state index in [-0.39, 0.29) is 18.0 Å². The third kappa shape index (κ3) is 4.78. The van der Waals surface area contributed by atoms with E-state index in [1.54, 1.807) is 0 Å². The topological polar surface area (TPSA) is 58.4 Å². The first-order chi connectivity index (χ1) is 9.49. The fraction of sp³-hybridized carbons (Fsp3) is 0.533. The molecule has 0 saturated carbocycles. The van der Waals surface area contributed by atoms with Gasteiger partial charge in [-0.1, -0.05) is 30.7 Å². The number of halogens is 1. The van der Waals surface area contributed by atoms with E-state index in [1.807, 2.05) is 50.1 Å². The van der Waals surface area contributed by atoms with Gasteiger partial charge in [0.25, 0.3) is 0 Å². The van der Waals surface area contributed by atoms with Crippen molar-refractivity contribution < 1.29 is 4.79 Å². The maximum absolute atomic E-state index is 11.7. The Morgan fingerprint density at radius 2 is 2.15 bits per heavy atom. The summed E-state index contributed by atoms with van der Waals surface area (Å²) in [6.45, 7) is 4.90. The van der Waals surface area contributed by atoms with Crippen LogP contribution in [0.2, 0.25) is 5.02 Å². The van der Waals surface area contributed by atoms with E-state index in [1.165, 1.54) is 0 Å². The standard InChI is InChI=1S/C15H24ClN3O/c1-4-13(17)15(11-7-6-8-12(16)9-11)19(3)10-14(20)18-5-2/h6-9,13,15H,4-5,10,17H2,1-3H3,(H,18,20). The minimum atomic E-state index is -0.0482. The Hall–Kier alpha value is -1.10. The lowest BCUT2D eigenvalue weighted by molar-refractivity contribution is -0.122. The highest BCUT2D eigenvalue weighted by molar-refractivity contribution is 6.30. The van der Waals surface area contributed by atoms with Gasteiger partial charge in [-0.15, -0.1) is 0 Å². The Morgan fingerprint density at radius 3 is 2.70 bits per heavy atom. The number of hydrogen-bond acceptors (Lipinski definition) is 3. The Balaban J connectivity index is 2.92. The molecule has 1 aromatic carbocycles. The molecule has 1 amide bonds. The van der Waals surface area contributed by atoms with Crippen molar-refractivity contribution in [3.8, 4) is 0 Å². The summed E-state index contributed by atoms with van der Waals surface area (Å²) in [6.07, 6.45) is 0.830. The molecule has 0 aromatic heterocycles. The van der Waals surface area contributed by atoms with Crippen molar-refractivity contribution in [2.45, 2.75) is 32.4 Å². The number of carbonyl (C=O) groups is 1. The van der Waals surface area contributed by atoms with Gasteiger partial charge in [0.15, 0.2) is 0 Å². The molecular weight excluding hydrogens is 274 g/mol. The molecule has 0 aliphatic carbocycles. The van der Waals surface area contributed by atoms with Gasteiger partial charge >= 0.3 is 0 Å². The van der Waals surface area contributed by atoms with Gasteiger partial charge in [0.2, 0.25) is 5.91 Å². The van der Waals surface area contributed by atoms with Crippen LogP contribution < -0.4 is 11.1 Å². The predicted molar refractivity (Wildman–Crippen MR) is 83.8 cm³/mol. The zero-order chi connectivity index (χ0) is 15.1. The monoisotopic (exact) mass is 297 g/mol. The van der Waals surface area contributed by atoms with E-state index in [4.69, 9.17) is 17.3 Å². The third-order valence-electron chi connectivity index (χ3n) is 3.31. The summed E-state index contributed by atoms with van der Waals surface area (Å²) in [5.74, 6) is 0.00494. The van der Waals surface area contributed by atoms with E-state index in [0.717, 1.165) is 12.0 Å². The molecule has 0 heterocycles. The summed E-state index contributed by atoms with van der Waals surface area (Å²) >= 11 is 6.06. The number of likely N-dealkylation sites (N-methyl/N-ethyl adjacent to an activating group) is 2. The Labute approximate surface area is 126 Å². The van der Waals surface area contributed by atoms with Gasteiger partial charge in [0, 0.05) is 17.6 Å². The molecule has 4 nitrogen and oxygen atoms in total. The summed E-state index contributed by atoms with van der Waals surface area (Å²) < 4.78 is 0. The third-order valence-corrected chi connectivity index (χ3v) is 3.54. The van der Waals surface area contributed by atoms with Gasteiger partial charge in [0.1, 0.15) is 0 Å². The highest BCUT2D eigenvalue weighted by Crippen LogP contribution is 2.25. The molecule has 1 aromatic rings. The molecule has 112 valence electrons. The number of nitrogens with two attached hydrogens (primary N) is 1. The molecule has 2 atom stereocenters. The van der Waals surface area contributed by atoms with Crippen molar-refractivity contribution >= 4 is 17.5 Å². The number of carbonyl (C=O) groups excluding carboxylic acids is 1. The molecule has 0 saturated heterocycles. The molecule has 0 spiro atoms. The van der Waals surface area contributed by atoms with Crippen molar-refractivity contribution in [1.29, 1.82) is 0 Å². The SMILES string of the molecule is CCNC(=O)CN(C)C(c1cccc(Cl)c1)C(N)CC. The quantitative estimate of drug-likeness (QED) is 0.811. The van der Waals surface area contributed by atoms with Crippen molar-refractivity contribution in [3.05, 3.63) is 34.9 Å². The van der Waals surface area contributed by atoms with Gasteiger partial charge in [-0.25, -0.2) is 0 Å². The van der Waals surface area contributed by atoms with Gasteiger partial charge in [-0.3, -0.25) is 9.69 Å². The molecule has 0 aliphatic rings. The fourth-order valence-corrected chi connectivity index (χ4v) is 2.52. The number of nitrogens with zero attached hydrogens (tertiary/aromatic N) is 1. The average Bonchev–Trinajstić information content (AvgIpc) is 2.39. The Bertz CT molecular complexity index is 439. The summed E-state index contributed by atoms with van der Waals surface area (Å²) in [7, 11) is 1.91. The lowest BCUT2D eigenvalue weighted by Crippen LogP contribution is -2.43. The summed E-state index contributed by atoms with van der Waals surface area (Å²) in [4.78, 5) is 13.7. The predicted octanol–water partition coefficient (Wildman–Crippen LogP) is 2.19. The first kappa shape index (κ1) is 17.0. The zero-order valence-corrected chi connectivity index (χ0v) is 13.2. The molecule has 0 bridgehead atoms. The molecular formula is C15H24ClN3O. The molecule has 0 fully saturated rings. The van der Waals surface area contributed by atoms with Crippen LogP contribution in [0.3, 0.4) is 0 Å². The van der Waals surface area contributed by atoms with Crippen LogP contribution >= 0.6 is 11.6 Å². The second-order valence-corrected chi connectivity index (χ2v) is 5.38. The maximum Gasteiger partial charge on any atom is 0.234 e. The van der Waals surface area contributed by atoms with Gasteiger partial charge in [-0.2, -0.15) is 0 Å². The Kier molecular flexibility index (Phi) is 6.99. The van der Waals surface area contributed by atoms with Gasteiger partial charge < -0.3 is 11.1 Å².